The first-order valence-corrected chi connectivity index (χ1v) is 4.96. The average molecular weight is 191 g/mol. The summed E-state index contributed by atoms with van der Waals surface area (Å²) in [5.41, 5.74) is 1.86. The third-order valence-electron chi connectivity index (χ3n) is 2.25. The van der Waals surface area contributed by atoms with E-state index in [0.29, 0.717) is 0 Å². The molecule has 1 heterocycles. The van der Waals surface area contributed by atoms with Crippen LogP contribution >= 0.6 is 0 Å². The Bertz CT molecular complexity index is 296. The second kappa shape index (κ2) is 5.55. The van der Waals surface area contributed by atoms with E-state index in [1.54, 1.807) is 6.20 Å². The van der Waals surface area contributed by atoms with Gasteiger partial charge in [-0.2, -0.15) is 0 Å². The molecule has 1 N–H and O–H groups in total. The van der Waals surface area contributed by atoms with Gasteiger partial charge in [0, 0.05) is 6.20 Å². The number of rotatable bonds is 5. The van der Waals surface area contributed by atoms with Crippen LogP contribution in [0.25, 0.3) is 0 Å². The Labute approximate surface area is 85.3 Å². The number of aryl methyl sites for hydroxylation is 1. The number of nitrogens with zero attached hydrogens (tertiary/aromatic N) is 1. The second-order valence-electron chi connectivity index (χ2n) is 3.44. The second-order valence-corrected chi connectivity index (χ2v) is 3.44. The van der Waals surface area contributed by atoms with Crippen molar-refractivity contribution in [1.29, 1.82) is 0 Å². The van der Waals surface area contributed by atoms with Gasteiger partial charge in [-0.05, 0) is 37.8 Å². The molecule has 1 aromatic heterocycles. The molecule has 0 saturated heterocycles. The van der Waals surface area contributed by atoms with E-state index in [-0.39, 0.29) is 0 Å². The summed E-state index contributed by atoms with van der Waals surface area (Å²) in [5.74, 6) is 0. The first kappa shape index (κ1) is 10.9. The van der Waals surface area contributed by atoms with Crippen molar-refractivity contribution in [1.82, 2.24) is 4.98 Å². The summed E-state index contributed by atoms with van der Waals surface area (Å²) < 4.78 is 0. The number of unbranched alkanes of at least 4 members (excludes halogenated alkanes) is 1. The number of pyridine rings is 1. The highest BCUT2D eigenvalue weighted by Crippen LogP contribution is 2.19. The zero-order chi connectivity index (χ0) is 10.4. The van der Waals surface area contributed by atoms with Crippen molar-refractivity contribution in [2.24, 2.45) is 0 Å². The fourth-order valence-electron chi connectivity index (χ4n) is 1.44. The molecule has 0 radical (unpaired) electrons. The zero-order valence-electron chi connectivity index (χ0n) is 8.61. The molecule has 0 spiro atoms. The van der Waals surface area contributed by atoms with Crippen molar-refractivity contribution < 1.29 is 5.11 Å². The van der Waals surface area contributed by atoms with E-state index < -0.39 is 6.10 Å². The Hall–Kier alpha value is -1.15. The van der Waals surface area contributed by atoms with E-state index in [1.165, 1.54) is 0 Å². The lowest BCUT2D eigenvalue weighted by Crippen LogP contribution is -2.02. The van der Waals surface area contributed by atoms with Gasteiger partial charge >= 0.3 is 0 Å². The lowest BCUT2D eigenvalue weighted by Gasteiger charge is -2.11. The van der Waals surface area contributed by atoms with E-state index in [1.807, 2.05) is 25.1 Å². The maximum Gasteiger partial charge on any atom is 0.0962 e. The summed E-state index contributed by atoms with van der Waals surface area (Å²) in [7, 11) is 0. The van der Waals surface area contributed by atoms with Gasteiger partial charge in [-0.1, -0.05) is 12.1 Å². The standard InChI is InChI=1S/C12H17NO/c1-3-4-5-8-11(14)12-10(2)7-6-9-13-12/h3,6-7,9,11,14H,1,4-5,8H2,2H3. The third-order valence-corrected chi connectivity index (χ3v) is 2.25. The van der Waals surface area contributed by atoms with Gasteiger partial charge in [0.15, 0.2) is 0 Å². The van der Waals surface area contributed by atoms with Crippen LogP contribution in [0.4, 0.5) is 0 Å². The molecule has 14 heavy (non-hydrogen) atoms. The number of aliphatic hydroxyl groups excluding tert-OH is 1. The highest BCUT2D eigenvalue weighted by Gasteiger charge is 2.10. The van der Waals surface area contributed by atoms with Crippen molar-refractivity contribution in [2.45, 2.75) is 32.3 Å². The minimum absolute atomic E-state index is 0.434. The maximum absolute atomic E-state index is 9.83. The van der Waals surface area contributed by atoms with Crippen LogP contribution in [-0.2, 0) is 0 Å². The van der Waals surface area contributed by atoms with Gasteiger partial charge in [0.2, 0.25) is 0 Å². The number of aliphatic hydroxyl groups is 1. The number of aromatic nitrogens is 1. The molecule has 0 fully saturated rings. The van der Waals surface area contributed by atoms with E-state index in [9.17, 15) is 5.11 Å². The number of allylic oxidation sites excluding steroid dienone is 1. The molecular formula is C12H17NO. The van der Waals surface area contributed by atoms with Crippen LogP contribution in [0.1, 0.15) is 36.6 Å². The lowest BCUT2D eigenvalue weighted by atomic mass is 10.1. The summed E-state index contributed by atoms with van der Waals surface area (Å²) >= 11 is 0. The molecule has 2 heteroatoms. The Morgan fingerprint density at radius 2 is 2.43 bits per heavy atom. The minimum atomic E-state index is -0.434. The van der Waals surface area contributed by atoms with Crippen LogP contribution in [0.15, 0.2) is 31.0 Å². The topological polar surface area (TPSA) is 33.1 Å². The Morgan fingerprint density at radius 1 is 1.64 bits per heavy atom. The predicted octanol–water partition coefficient (Wildman–Crippen LogP) is 2.78. The fraction of sp³-hybridized carbons (Fsp3) is 0.417. The molecule has 0 saturated carbocycles. The Morgan fingerprint density at radius 3 is 3.07 bits per heavy atom. The average Bonchev–Trinajstić information content (AvgIpc) is 2.18. The molecule has 1 aromatic rings. The quantitative estimate of drug-likeness (QED) is 0.573. The van der Waals surface area contributed by atoms with Crippen LogP contribution < -0.4 is 0 Å². The van der Waals surface area contributed by atoms with Crippen LogP contribution in [0.2, 0.25) is 0 Å². The van der Waals surface area contributed by atoms with Crippen LogP contribution in [0, 0.1) is 6.92 Å². The van der Waals surface area contributed by atoms with Gasteiger partial charge in [0.05, 0.1) is 11.8 Å². The molecule has 76 valence electrons. The minimum Gasteiger partial charge on any atom is -0.387 e. The predicted molar refractivity (Wildman–Crippen MR) is 58.0 cm³/mol. The molecule has 0 aliphatic rings. The zero-order valence-corrected chi connectivity index (χ0v) is 8.61. The van der Waals surface area contributed by atoms with Gasteiger partial charge in [0.1, 0.15) is 0 Å². The highest BCUT2D eigenvalue weighted by atomic mass is 16.3. The largest absolute Gasteiger partial charge is 0.387 e. The summed E-state index contributed by atoms with van der Waals surface area (Å²) in [4.78, 5) is 4.18. The summed E-state index contributed by atoms with van der Waals surface area (Å²) in [6.07, 6.45) is 5.82. The molecule has 0 aliphatic heterocycles. The maximum atomic E-state index is 9.83. The molecule has 1 atom stereocenters. The highest BCUT2D eigenvalue weighted by molar-refractivity contribution is 5.19. The summed E-state index contributed by atoms with van der Waals surface area (Å²) in [6.45, 7) is 5.62. The smallest absolute Gasteiger partial charge is 0.0962 e. The molecule has 0 aliphatic carbocycles. The molecule has 1 unspecified atom stereocenters. The first-order valence-electron chi connectivity index (χ1n) is 4.96. The van der Waals surface area contributed by atoms with Crippen molar-refractivity contribution in [3.05, 3.63) is 42.2 Å². The molecule has 1 rings (SSSR count). The van der Waals surface area contributed by atoms with Gasteiger partial charge < -0.3 is 5.11 Å². The van der Waals surface area contributed by atoms with Gasteiger partial charge in [-0.15, -0.1) is 6.58 Å². The van der Waals surface area contributed by atoms with Crippen molar-refractivity contribution >= 4 is 0 Å². The van der Waals surface area contributed by atoms with E-state index >= 15 is 0 Å². The Kier molecular flexibility index (Phi) is 4.33. The van der Waals surface area contributed by atoms with Crippen LogP contribution in [-0.4, -0.2) is 10.1 Å². The van der Waals surface area contributed by atoms with Crippen LogP contribution in [0.5, 0.6) is 0 Å². The molecule has 2 nitrogen and oxygen atoms in total. The van der Waals surface area contributed by atoms with E-state index in [0.717, 1.165) is 30.5 Å². The monoisotopic (exact) mass is 191 g/mol. The first-order chi connectivity index (χ1) is 6.75. The normalized spacial score (nSPS) is 12.4. The fourth-order valence-corrected chi connectivity index (χ4v) is 1.44. The summed E-state index contributed by atoms with van der Waals surface area (Å²) in [5, 5.41) is 9.83. The molecule has 0 aromatic carbocycles. The van der Waals surface area contributed by atoms with E-state index in [2.05, 4.69) is 11.6 Å². The van der Waals surface area contributed by atoms with Gasteiger partial charge in [-0.3, -0.25) is 4.98 Å². The van der Waals surface area contributed by atoms with Crippen molar-refractivity contribution in [3.8, 4) is 0 Å². The van der Waals surface area contributed by atoms with Crippen molar-refractivity contribution in [3.63, 3.8) is 0 Å². The van der Waals surface area contributed by atoms with E-state index in [4.69, 9.17) is 0 Å². The summed E-state index contributed by atoms with van der Waals surface area (Å²) in [6, 6.07) is 3.86. The number of hydrogen-bond acceptors (Lipinski definition) is 2. The van der Waals surface area contributed by atoms with Gasteiger partial charge in [0.25, 0.3) is 0 Å². The lowest BCUT2D eigenvalue weighted by molar-refractivity contribution is 0.159. The van der Waals surface area contributed by atoms with Gasteiger partial charge in [-0.25, -0.2) is 0 Å². The third kappa shape index (κ3) is 2.96. The molecular weight excluding hydrogens is 174 g/mol. The van der Waals surface area contributed by atoms with Crippen molar-refractivity contribution in [2.75, 3.05) is 0 Å². The molecule has 0 bridgehead atoms. The molecule has 0 amide bonds. The number of hydrogen-bond donors (Lipinski definition) is 1. The van der Waals surface area contributed by atoms with Crippen LogP contribution in [0.3, 0.4) is 0 Å². The SMILES string of the molecule is C=CCCCC(O)c1ncccc1C. The Balaban J connectivity index is 2.55.